The van der Waals surface area contributed by atoms with E-state index < -0.39 is 0 Å². The van der Waals surface area contributed by atoms with E-state index in [9.17, 15) is 9.59 Å². The summed E-state index contributed by atoms with van der Waals surface area (Å²) in [6.45, 7) is 1.57. The third-order valence-electron chi connectivity index (χ3n) is 3.31. The lowest BCUT2D eigenvalue weighted by molar-refractivity contribution is -0.132. The third-order valence-corrected chi connectivity index (χ3v) is 3.31. The zero-order valence-corrected chi connectivity index (χ0v) is 11.5. The number of amides is 2. The topological polar surface area (TPSA) is 84.7 Å². The van der Waals surface area contributed by atoms with Gasteiger partial charge in [-0.05, 0) is 31.0 Å². The molecular weight excluding hydrogens is 258 g/mol. The number of nitrogens with two attached hydrogens (primary N) is 1. The van der Waals surface area contributed by atoms with Gasteiger partial charge >= 0.3 is 0 Å². The minimum Gasteiger partial charge on any atom is -0.482 e. The van der Waals surface area contributed by atoms with Crippen LogP contribution in [-0.2, 0) is 4.79 Å². The van der Waals surface area contributed by atoms with Crippen LogP contribution in [0.3, 0.4) is 0 Å². The first-order valence-corrected chi connectivity index (χ1v) is 6.64. The van der Waals surface area contributed by atoms with Crippen LogP contribution < -0.4 is 15.8 Å². The molecule has 0 atom stereocenters. The summed E-state index contributed by atoms with van der Waals surface area (Å²) >= 11 is 0. The van der Waals surface area contributed by atoms with E-state index in [0.29, 0.717) is 17.0 Å². The second-order valence-electron chi connectivity index (χ2n) is 4.71. The summed E-state index contributed by atoms with van der Waals surface area (Å²) in [5, 5.41) is 2.52. The number of ether oxygens (including phenoxy) is 1. The van der Waals surface area contributed by atoms with Crippen molar-refractivity contribution in [1.29, 1.82) is 0 Å². The highest BCUT2D eigenvalue weighted by Crippen LogP contribution is 2.22. The van der Waals surface area contributed by atoms with E-state index in [0.717, 1.165) is 25.9 Å². The van der Waals surface area contributed by atoms with E-state index in [1.165, 1.54) is 6.07 Å². The Balaban J connectivity index is 1.96. The first kappa shape index (κ1) is 14.2. The van der Waals surface area contributed by atoms with Gasteiger partial charge in [0.1, 0.15) is 5.75 Å². The molecule has 0 bridgehead atoms. The number of likely N-dealkylation sites (tertiary alicyclic amines) is 1. The average Bonchev–Trinajstić information content (AvgIpc) is 2.99. The highest BCUT2D eigenvalue weighted by atomic mass is 16.5. The Labute approximate surface area is 117 Å². The van der Waals surface area contributed by atoms with Crippen molar-refractivity contribution in [2.45, 2.75) is 12.8 Å². The highest BCUT2D eigenvalue weighted by Gasteiger charge is 2.18. The molecule has 0 unspecified atom stereocenters. The molecule has 1 saturated heterocycles. The fourth-order valence-corrected chi connectivity index (χ4v) is 2.16. The molecule has 1 aliphatic heterocycles. The van der Waals surface area contributed by atoms with Crippen molar-refractivity contribution in [2.24, 2.45) is 0 Å². The molecule has 2 amide bonds. The number of rotatable bonds is 4. The predicted octanol–water partition coefficient (Wildman–Crippen LogP) is 0.630. The molecule has 0 radical (unpaired) electrons. The lowest BCUT2D eigenvalue weighted by Crippen LogP contribution is -2.32. The standard InChI is InChI=1S/C14H19N3O3/c1-16-14(19)10-4-5-12(11(15)8-10)20-9-13(18)17-6-2-3-7-17/h4-5,8H,2-3,6-7,9,15H2,1H3,(H,16,19). The largest absolute Gasteiger partial charge is 0.482 e. The van der Waals surface area contributed by atoms with E-state index in [1.54, 1.807) is 24.1 Å². The molecule has 0 aromatic heterocycles. The van der Waals surface area contributed by atoms with Crippen molar-refractivity contribution < 1.29 is 14.3 Å². The van der Waals surface area contributed by atoms with Gasteiger partial charge in [0.15, 0.2) is 6.61 Å². The number of benzene rings is 1. The molecule has 1 heterocycles. The number of anilines is 1. The van der Waals surface area contributed by atoms with Gasteiger partial charge in [-0.3, -0.25) is 9.59 Å². The summed E-state index contributed by atoms with van der Waals surface area (Å²) < 4.78 is 5.43. The summed E-state index contributed by atoms with van der Waals surface area (Å²) in [7, 11) is 1.55. The second kappa shape index (κ2) is 6.27. The van der Waals surface area contributed by atoms with Gasteiger partial charge in [-0.15, -0.1) is 0 Å². The third kappa shape index (κ3) is 3.20. The van der Waals surface area contributed by atoms with Crippen molar-refractivity contribution in [3.8, 4) is 5.75 Å². The van der Waals surface area contributed by atoms with Crippen molar-refractivity contribution >= 4 is 17.5 Å². The van der Waals surface area contributed by atoms with Crippen LogP contribution in [0.4, 0.5) is 5.69 Å². The fourth-order valence-electron chi connectivity index (χ4n) is 2.16. The predicted molar refractivity (Wildman–Crippen MR) is 75.6 cm³/mol. The number of nitrogen functional groups attached to an aromatic ring is 1. The summed E-state index contributed by atoms with van der Waals surface area (Å²) in [5.74, 6) is 0.180. The summed E-state index contributed by atoms with van der Waals surface area (Å²) in [5.41, 5.74) is 6.63. The molecule has 6 heteroatoms. The Morgan fingerprint density at radius 2 is 2.05 bits per heavy atom. The molecule has 0 aliphatic carbocycles. The molecule has 1 aromatic carbocycles. The maximum absolute atomic E-state index is 11.8. The average molecular weight is 277 g/mol. The fraction of sp³-hybridized carbons (Fsp3) is 0.429. The lowest BCUT2D eigenvalue weighted by Gasteiger charge is -2.16. The first-order valence-electron chi connectivity index (χ1n) is 6.64. The minimum absolute atomic E-state index is 0.0243. The van der Waals surface area contributed by atoms with Gasteiger partial charge < -0.3 is 20.7 Å². The minimum atomic E-state index is -0.212. The number of nitrogens with zero attached hydrogens (tertiary/aromatic N) is 1. The van der Waals surface area contributed by atoms with Crippen LogP contribution >= 0.6 is 0 Å². The Kier molecular flexibility index (Phi) is 4.45. The number of hydrogen-bond donors (Lipinski definition) is 2. The van der Waals surface area contributed by atoms with Gasteiger partial charge in [0.2, 0.25) is 0 Å². The molecule has 6 nitrogen and oxygen atoms in total. The number of nitrogens with one attached hydrogen (secondary N) is 1. The molecule has 1 aliphatic rings. The Hall–Kier alpha value is -2.24. The maximum atomic E-state index is 11.8. The zero-order valence-electron chi connectivity index (χ0n) is 11.5. The van der Waals surface area contributed by atoms with Gasteiger partial charge in [0.05, 0.1) is 5.69 Å². The van der Waals surface area contributed by atoms with Gasteiger partial charge in [0.25, 0.3) is 11.8 Å². The molecule has 2 rings (SSSR count). The van der Waals surface area contributed by atoms with Crippen molar-refractivity contribution in [3.05, 3.63) is 23.8 Å². The second-order valence-corrected chi connectivity index (χ2v) is 4.71. The van der Waals surface area contributed by atoms with Crippen LogP contribution in [-0.4, -0.2) is 43.5 Å². The van der Waals surface area contributed by atoms with Crippen LogP contribution in [0.25, 0.3) is 0 Å². The van der Waals surface area contributed by atoms with Gasteiger partial charge in [0, 0.05) is 25.7 Å². The molecule has 0 saturated carbocycles. The van der Waals surface area contributed by atoms with E-state index in [2.05, 4.69) is 5.32 Å². The van der Waals surface area contributed by atoms with Crippen LogP contribution in [0.2, 0.25) is 0 Å². The normalized spacial score (nSPS) is 14.2. The van der Waals surface area contributed by atoms with Crippen molar-refractivity contribution in [1.82, 2.24) is 10.2 Å². The van der Waals surface area contributed by atoms with Crippen LogP contribution in [0.15, 0.2) is 18.2 Å². The van der Waals surface area contributed by atoms with E-state index in [4.69, 9.17) is 10.5 Å². The monoisotopic (exact) mass is 277 g/mol. The summed E-state index contributed by atoms with van der Waals surface area (Å²) in [4.78, 5) is 25.1. The van der Waals surface area contributed by atoms with E-state index in [1.807, 2.05) is 0 Å². The van der Waals surface area contributed by atoms with Crippen molar-refractivity contribution in [2.75, 3.05) is 32.5 Å². The molecule has 3 N–H and O–H groups in total. The summed E-state index contributed by atoms with van der Waals surface area (Å²) in [6.07, 6.45) is 2.10. The number of hydrogen-bond acceptors (Lipinski definition) is 4. The van der Waals surface area contributed by atoms with Gasteiger partial charge in [-0.2, -0.15) is 0 Å². The first-order chi connectivity index (χ1) is 9.61. The van der Waals surface area contributed by atoms with E-state index in [-0.39, 0.29) is 18.4 Å². The smallest absolute Gasteiger partial charge is 0.260 e. The highest BCUT2D eigenvalue weighted by molar-refractivity contribution is 5.95. The molecule has 0 spiro atoms. The molecule has 1 aromatic rings. The quantitative estimate of drug-likeness (QED) is 0.791. The molecule has 108 valence electrons. The van der Waals surface area contributed by atoms with Gasteiger partial charge in [-0.1, -0.05) is 0 Å². The van der Waals surface area contributed by atoms with Crippen LogP contribution in [0.1, 0.15) is 23.2 Å². The zero-order chi connectivity index (χ0) is 14.5. The number of carbonyl (C=O) groups is 2. The maximum Gasteiger partial charge on any atom is 0.260 e. The van der Waals surface area contributed by atoms with Crippen LogP contribution in [0.5, 0.6) is 5.75 Å². The van der Waals surface area contributed by atoms with Crippen LogP contribution in [0, 0.1) is 0 Å². The molecule has 20 heavy (non-hydrogen) atoms. The SMILES string of the molecule is CNC(=O)c1ccc(OCC(=O)N2CCCC2)c(N)c1. The Bertz CT molecular complexity index is 510. The Morgan fingerprint density at radius 3 is 2.65 bits per heavy atom. The summed E-state index contributed by atoms with van der Waals surface area (Å²) in [6, 6.07) is 4.76. The van der Waals surface area contributed by atoms with Gasteiger partial charge in [-0.25, -0.2) is 0 Å². The van der Waals surface area contributed by atoms with E-state index >= 15 is 0 Å². The van der Waals surface area contributed by atoms with Crippen molar-refractivity contribution in [3.63, 3.8) is 0 Å². The molecular formula is C14H19N3O3. The lowest BCUT2D eigenvalue weighted by atomic mass is 10.2. The number of carbonyl (C=O) groups excluding carboxylic acids is 2. The Morgan fingerprint density at radius 1 is 1.35 bits per heavy atom. The molecule has 1 fully saturated rings.